The summed E-state index contributed by atoms with van der Waals surface area (Å²) in [6.07, 6.45) is 4.98. The Morgan fingerprint density at radius 1 is 0.842 bits per heavy atom. The molecule has 94 valence electrons. The van der Waals surface area contributed by atoms with Crippen LogP contribution < -0.4 is 0 Å². The van der Waals surface area contributed by atoms with Gasteiger partial charge in [-0.05, 0) is 47.9 Å². The summed E-state index contributed by atoms with van der Waals surface area (Å²) in [6.45, 7) is 2.31. The Bertz CT molecular complexity index is 618. The molecule has 0 spiro atoms. The van der Waals surface area contributed by atoms with Crippen LogP contribution in [0.3, 0.4) is 0 Å². The smallest absolute Gasteiger partial charge is 0.0167 e. The molecule has 0 N–H and O–H groups in total. The number of hydrogen-bond donors (Lipinski definition) is 0. The molecule has 4 rings (SSSR count). The number of allylic oxidation sites excluding steroid dienone is 2. The van der Waals surface area contributed by atoms with Crippen molar-refractivity contribution in [3.63, 3.8) is 0 Å². The van der Waals surface area contributed by atoms with Crippen molar-refractivity contribution in [3.05, 3.63) is 71.3 Å². The highest BCUT2D eigenvalue weighted by molar-refractivity contribution is 5.79. The lowest BCUT2D eigenvalue weighted by atomic mass is 9.81. The van der Waals surface area contributed by atoms with Gasteiger partial charge in [-0.2, -0.15) is 0 Å². The van der Waals surface area contributed by atoms with Gasteiger partial charge in [-0.1, -0.05) is 60.2 Å². The predicted octanol–water partition coefficient (Wildman–Crippen LogP) is 5.16. The molecular formula is C19H18. The van der Waals surface area contributed by atoms with Crippen molar-refractivity contribution in [2.45, 2.75) is 25.7 Å². The second kappa shape index (κ2) is 4.09. The molecular weight excluding hydrogens is 228 g/mol. The molecule has 0 radical (unpaired) electrons. The molecule has 0 nitrogen and oxygen atoms in total. The first-order chi connectivity index (χ1) is 9.36. The van der Waals surface area contributed by atoms with Gasteiger partial charge in [0.1, 0.15) is 0 Å². The second-order valence-electron chi connectivity index (χ2n) is 5.78. The van der Waals surface area contributed by atoms with Crippen LogP contribution in [0.5, 0.6) is 0 Å². The summed E-state index contributed by atoms with van der Waals surface area (Å²) in [5.74, 6) is 1.27. The zero-order chi connectivity index (χ0) is 12.8. The van der Waals surface area contributed by atoms with Crippen LogP contribution >= 0.6 is 0 Å². The van der Waals surface area contributed by atoms with Crippen molar-refractivity contribution in [1.82, 2.24) is 0 Å². The van der Waals surface area contributed by atoms with Crippen molar-refractivity contribution in [3.8, 4) is 11.1 Å². The van der Waals surface area contributed by atoms with Crippen LogP contribution in [0, 0.1) is 5.92 Å². The van der Waals surface area contributed by atoms with E-state index in [0.717, 1.165) is 0 Å². The summed E-state index contributed by atoms with van der Waals surface area (Å²) < 4.78 is 0. The van der Waals surface area contributed by atoms with E-state index in [2.05, 4.69) is 61.5 Å². The fraction of sp³-hybridized carbons (Fsp3) is 0.263. The molecule has 1 atom stereocenters. The van der Waals surface area contributed by atoms with E-state index < -0.39 is 0 Å². The molecule has 0 heteroatoms. The Morgan fingerprint density at radius 3 is 1.95 bits per heavy atom. The Kier molecular flexibility index (Phi) is 2.38. The van der Waals surface area contributed by atoms with Crippen molar-refractivity contribution < 1.29 is 0 Å². The standard InChI is InChI=1S/C19H18/c1-13-7-6-12-14(13)19-17-10-4-2-8-15(17)16-9-3-5-11-18(16)19/h2-5,7-11,14,19H,6,12H2,1H3. The normalized spacial score (nSPS) is 21.1. The van der Waals surface area contributed by atoms with Gasteiger partial charge in [-0.25, -0.2) is 0 Å². The van der Waals surface area contributed by atoms with Crippen LogP contribution in [-0.4, -0.2) is 0 Å². The highest BCUT2D eigenvalue weighted by Gasteiger charge is 2.35. The number of hydrogen-bond acceptors (Lipinski definition) is 0. The van der Waals surface area contributed by atoms with E-state index in [1.807, 2.05) is 0 Å². The van der Waals surface area contributed by atoms with Crippen LogP contribution in [0.15, 0.2) is 60.2 Å². The van der Waals surface area contributed by atoms with Gasteiger partial charge >= 0.3 is 0 Å². The molecule has 1 unspecified atom stereocenters. The highest BCUT2D eigenvalue weighted by atomic mass is 14.4. The third-order valence-electron chi connectivity index (χ3n) is 4.81. The monoisotopic (exact) mass is 246 g/mol. The molecule has 0 amide bonds. The molecule has 0 fully saturated rings. The van der Waals surface area contributed by atoms with E-state index in [-0.39, 0.29) is 0 Å². The lowest BCUT2D eigenvalue weighted by Gasteiger charge is -2.22. The summed E-state index contributed by atoms with van der Waals surface area (Å²) in [7, 11) is 0. The van der Waals surface area contributed by atoms with Gasteiger partial charge in [0.25, 0.3) is 0 Å². The fourth-order valence-electron chi connectivity index (χ4n) is 3.93. The average molecular weight is 246 g/mol. The van der Waals surface area contributed by atoms with Crippen LogP contribution in [-0.2, 0) is 0 Å². The first kappa shape index (κ1) is 11.0. The van der Waals surface area contributed by atoms with Gasteiger partial charge in [0.15, 0.2) is 0 Å². The number of benzene rings is 2. The first-order valence-electron chi connectivity index (χ1n) is 7.21. The molecule has 2 aromatic rings. The van der Waals surface area contributed by atoms with Crippen LogP contribution in [0.2, 0.25) is 0 Å². The summed E-state index contributed by atoms with van der Waals surface area (Å²) >= 11 is 0. The molecule has 0 bridgehead atoms. The fourth-order valence-corrected chi connectivity index (χ4v) is 3.93. The van der Waals surface area contributed by atoms with Gasteiger partial charge in [-0.3, -0.25) is 0 Å². The van der Waals surface area contributed by atoms with Crippen molar-refractivity contribution in [2.24, 2.45) is 5.92 Å². The zero-order valence-electron chi connectivity index (χ0n) is 11.3. The molecule has 0 aliphatic heterocycles. The molecule has 2 aliphatic carbocycles. The van der Waals surface area contributed by atoms with Crippen molar-refractivity contribution >= 4 is 0 Å². The predicted molar refractivity (Wildman–Crippen MR) is 80.2 cm³/mol. The minimum atomic E-state index is 0.575. The van der Waals surface area contributed by atoms with E-state index in [0.29, 0.717) is 11.8 Å². The summed E-state index contributed by atoms with van der Waals surface area (Å²) in [5, 5.41) is 0. The molecule has 19 heavy (non-hydrogen) atoms. The molecule has 2 aromatic carbocycles. The Balaban J connectivity index is 1.94. The maximum Gasteiger partial charge on any atom is 0.0167 e. The summed E-state index contributed by atoms with van der Waals surface area (Å²) in [6, 6.07) is 17.9. The second-order valence-corrected chi connectivity index (χ2v) is 5.78. The van der Waals surface area contributed by atoms with Crippen LogP contribution in [0.1, 0.15) is 36.8 Å². The van der Waals surface area contributed by atoms with E-state index in [1.54, 1.807) is 5.57 Å². The lowest BCUT2D eigenvalue weighted by Crippen LogP contribution is -2.10. The Hall–Kier alpha value is -1.82. The quantitative estimate of drug-likeness (QED) is 0.610. The molecule has 0 saturated carbocycles. The largest absolute Gasteiger partial charge is 0.0853 e. The zero-order valence-corrected chi connectivity index (χ0v) is 11.3. The topological polar surface area (TPSA) is 0 Å². The highest BCUT2D eigenvalue weighted by Crippen LogP contribution is 2.51. The molecule has 0 heterocycles. The summed E-state index contributed by atoms with van der Waals surface area (Å²) in [5.41, 5.74) is 7.54. The Morgan fingerprint density at radius 2 is 1.42 bits per heavy atom. The maximum absolute atomic E-state index is 2.42. The van der Waals surface area contributed by atoms with E-state index in [9.17, 15) is 0 Å². The van der Waals surface area contributed by atoms with E-state index in [1.165, 1.54) is 35.1 Å². The van der Waals surface area contributed by atoms with Crippen molar-refractivity contribution in [2.75, 3.05) is 0 Å². The van der Waals surface area contributed by atoms with Gasteiger partial charge in [0, 0.05) is 5.92 Å². The average Bonchev–Trinajstić information content (AvgIpc) is 3.00. The van der Waals surface area contributed by atoms with E-state index in [4.69, 9.17) is 0 Å². The summed E-state index contributed by atoms with van der Waals surface area (Å²) in [4.78, 5) is 0. The van der Waals surface area contributed by atoms with E-state index >= 15 is 0 Å². The maximum atomic E-state index is 2.42. The molecule has 0 aromatic heterocycles. The Labute approximate surface area is 114 Å². The first-order valence-corrected chi connectivity index (χ1v) is 7.21. The van der Waals surface area contributed by atoms with Gasteiger partial charge in [0.05, 0.1) is 0 Å². The molecule has 2 aliphatic rings. The third-order valence-corrected chi connectivity index (χ3v) is 4.81. The van der Waals surface area contributed by atoms with Gasteiger partial charge in [0.2, 0.25) is 0 Å². The lowest BCUT2D eigenvalue weighted by molar-refractivity contribution is 0.541. The minimum absolute atomic E-state index is 0.575. The number of rotatable bonds is 1. The minimum Gasteiger partial charge on any atom is -0.0853 e. The van der Waals surface area contributed by atoms with Crippen LogP contribution in [0.25, 0.3) is 11.1 Å². The SMILES string of the molecule is CC1=CCCC1C1c2ccccc2-c2ccccc21. The number of fused-ring (bicyclic) bond motifs is 3. The third kappa shape index (κ3) is 1.53. The molecule has 0 saturated heterocycles. The van der Waals surface area contributed by atoms with Crippen molar-refractivity contribution in [1.29, 1.82) is 0 Å². The van der Waals surface area contributed by atoms with Gasteiger partial charge < -0.3 is 0 Å². The van der Waals surface area contributed by atoms with Crippen LogP contribution in [0.4, 0.5) is 0 Å². The van der Waals surface area contributed by atoms with Gasteiger partial charge in [-0.15, -0.1) is 0 Å².